The third-order valence-electron chi connectivity index (χ3n) is 1.28. The highest BCUT2D eigenvalue weighted by molar-refractivity contribution is 9.10. The van der Waals surface area contributed by atoms with E-state index in [2.05, 4.69) is 21.2 Å². The minimum atomic E-state index is 0.538. The summed E-state index contributed by atoms with van der Waals surface area (Å²) in [6.45, 7) is 0.538. The van der Waals surface area contributed by atoms with E-state index in [0.29, 0.717) is 6.54 Å². The fourth-order valence-electron chi connectivity index (χ4n) is 0.740. The summed E-state index contributed by atoms with van der Waals surface area (Å²) in [5, 5.41) is 2.46. The molecule has 0 atom stereocenters. The number of halogens is 1. The molecule has 57 valence electrons. The van der Waals surface area contributed by atoms with Gasteiger partial charge in [0.05, 0.1) is 0 Å². The Hall–Kier alpha value is -0.830. The molecule has 1 N–H and O–H groups in total. The molecule has 1 radical (unpaired) electrons. The predicted octanol–water partition coefficient (Wildman–Crippen LogP) is 1.61. The molecule has 0 aromatic heterocycles. The SMILES string of the molecule is O=[C]NCc1ccc(Br)cc1. The summed E-state index contributed by atoms with van der Waals surface area (Å²) in [5.74, 6) is 0. The molecule has 1 aromatic rings. The zero-order chi connectivity index (χ0) is 8.10. The van der Waals surface area contributed by atoms with Crippen LogP contribution in [0.15, 0.2) is 28.7 Å². The number of amides is 1. The molecular weight excluding hydrogens is 206 g/mol. The van der Waals surface area contributed by atoms with Crippen molar-refractivity contribution in [2.24, 2.45) is 0 Å². The lowest BCUT2D eigenvalue weighted by Gasteiger charge is -1.97. The summed E-state index contributed by atoms with van der Waals surface area (Å²) in [4.78, 5) is 9.80. The van der Waals surface area contributed by atoms with Gasteiger partial charge in [0, 0.05) is 11.0 Å². The van der Waals surface area contributed by atoms with Crippen LogP contribution in [0.1, 0.15) is 5.56 Å². The van der Waals surface area contributed by atoms with Crippen LogP contribution in [0.25, 0.3) is 0 Å². The summed E-state index contributed by atoms with van der Waals surface area (Å²) in [7, 11) is 0. The second kappa shape index (κ2) is 4.13. The number of hydrogen-bond donors (Lipinski definition) is 1. The molecule has 1 amide bonds. The minimum Gasteiger partial charge on any atom is -0.344 e. The first-order valence-electron chi connectivity index (χ1n) is 3.17. The van der Waals surface area contributed by atoms with Gasteiger partial charge in [-0.15, -0.1) is 0 Å². The molecule has 0 saturated heterocycles. The summed E-state index contributed by atoms with van der Waals surface area (Å²) < 4.78 is 1.04. The fraction of sp³-hybridized carbons (Fsp3) is 0.125. The van der Waals surface area contributed by atoms with E-state index in [9.17, 15) is 4.79 Å². The van der Waals surface area contributed by atoms with Gasteiger partial charge in [0.25, 0.3) is 0 Å². The molecule has 0 aliphatic heterocycles. The number of carbonyl (C=O) groups excluding carboxylic acids is 1. The van der Waals surface area contributed by atoms with Gasteiger partial charge in [-0.1, -0.05) is 28.1 Å². The van der Waals surface area contributed by atoms with E-state index < -0.39 is 0 Å². The molecule has 1 aromatic carbocycles. The van der Waals surface area contributed by atoms with Gasteiger partial charge in [-0.2, -0.15) is 0 Å². The van der Waals surface area contributed by atoms with E-state index in [-0.39, 0.29) is 0 Å². The largest absolute Gasteiger partial charge is 0.344 e. The Labute approximate surface area is 73.7 Å². The van der Waals surface area contributed by atoms with Gasteiger partial charge in [-0.05, 0) is 17.7 Å². The molecule has 2 nitrogen and oxygen atoms in total. The second-order valence-corrected chi connectivity index (χ2v) is 3.00. The van der Waals surface area contributed by atoms with Gasteiger partial charge in [-0.3, -0.25) is 4.79 Å². The maximum absolute atomic E-state index is 9.80. The standard InChI is InChI=1S/C8H7BrNO/c9-8-3-1-7(2-4-8)5-10-6-11/h1-4H,5H2,(H,10,11). The number of rotatable bonds is 3. The number of hydrogen-bond acceptors (Lipinski definition) is 1. The minimum absolute atomic E-state index is 0.538. The Balaban J connectivity index is 2.58. The molecule has 0 fully saturated rings. The van der Waals surface area contributed by atoms with E-state index in [1.807, 2.05) is 24.3 Å². The van der Waals surface area contributed by atoms with Crippen LogP contribution in [-0.2, 0) is 11.3 Å². The van der Waals surface area contributed by atoms with Crippen LogP contribution in [0, 0.1) is 0 Å². The van der Waals surface area contributed by atoms with E-state index >= 15 is 0 Å². The fourth-order valence-corrected chi connectivity index (χ4v) is 1.00. The molecule has 0 aliphatic rings. The number of benzene rings is 1. The van der Waals surface area contributed by atoms with Crippen LogP contribution in [0.2, 0.25) is 0 Å². The van der Waals surface area contributed by atoms with Crippen LogP contribution < -0.4 is 5.32 Å². The van der Waals surface area contributed by atoms with Gasteiger partial charge in [0.2, 0.25) is 0 Å². The average Bonchev–Trinajstić information content (AvgIpc) is 2.04. The summed E-state index contributed by atoms with van der Waals surface area (Å²) >= 11 is 3.32. The van der Waals surface area contributed by atoms with Gasteiger partial charge in [0.15, 0.2) is 0 Å². The Morgan fingerprint density at radius 2 is 2.00 bits per heavy atom. The smallest absolute Gasteiger partial charge is 0.309 e. The molecule has 0 saturated carbocycles. The van der Waals surface area contributed by atoms with Crippen LogP contribution in [0.5, 0.6) is 0 Å². The second-order valence-electron chi connectivity index (χ2n) is 2.08. The van der Waals surface area contributed by atoms with Crippen LogP contribution >= 0.6 is 15.9 Å². The summed E-state index contributed by atoms with van der Waals surface area (Å²) in [6.07, 6.45) is 1.62. The molecule has 3 heteroatoms. The van der Waals surface area contributed by atoms with Crippen molar-refractivity contribution < 1.29 is 4.79 Å². The molecule has 0 spiro atoms. The molecule has 0 bridgehead atoms. The Bertz CT molecular complexity index is 232. The first-order chi connectivity index (χ1) is 5.33. The van der Waals surface area contributed by atoms with Crippen LogP contribution in [-0.4, -0.2) is 6.41 Å². The monoisotopic (exact) mass is 212 g/mol. The summed E-state index contributed by atoms with van der Waals surface area (Å²) in [6, 6.07) is 7.74. The Morgan fingerprint density at radius 1 is 1.36 bits per heavy atom. The molecule has 0 heterocycles. The lowest BCUT2D eigenvalue weighted by atomic mass is 10.2. The van der Waals surface area contributed by atoms with E-state index in [1.165, 1.54) is 0 Å². The Kier molecular flexibility index (Phi) is 3.11. The van der Waals surface area contributed by atoms with Crippen molar-refractivity contribution in [1.82, 2.24) is 5.32 Å². The van der Waals surface area contributed by atoms with E-state index in [1.54, 1.807) is 6.41 Å². The van der Waals surface area contributed by atoms with Crippen molar-refractivity contribution in [3.63, 3.8) is 0 Å². The summed E-state index contributed by atoms with van der Waals surface area (Å²) in [5.41, 5.74) is 1.07. The van der Waals surface area contributed by atoms with Crippen molar-refractivity contribution >= 4 is 22.3 Å². The molecular formula is C8H7BrNO. The van der Waals surface area contributed by atoms with E-state index in [4.69, 9.17) is 0 Å². The first-order valence-corrected chi connectivity index (χ1v) is 3.96. The molecule has 0 unspecified atom stereocenters. The van der Waals surface area contributed by atoms with Crippen LogP contribution in [0.3, 0.4) is 0 Å². The van der Waals surface area contributed by atoms with Gasteiger partial charge >= 0.3 is 6.41 Å². The normalized spacial score (nSPS) is 9.18. The lowest BCUT2D eigenvalue weighted by Crippen LogP contribution is -2.09. The highest BCUT2D eigenvalue weighted by atomic mass is 79.9. The topological polar surface area (TPSA) is 29.1 Å². The van der Waals surface area contributed by atoms with Crippen molar-refractivity contribution in [2.75, 3.05) is 0 Å². The average molecular weight is 213 g/mol. The Morgan fingerprint density at radius 3 is 2.55 bits per heavy atom. The van der Waals surface area contributed by atoms with Gasteiger partial charge in [-0.25, -0.2) is 0 Å². The number of nitrogens with one attached hydrogen (secondary N) is 1. The predicted molar refractivity (Wildman–Crippen MR) is 46.7 cm³/mol. The van der Waals surface area contributed by atoms with Crippen molar-refractivity contribution in [2.45, 2.75) is 6.54 Å². The van der Waals surface area contributed by atoms with Gasteiger partial charge in [0.1, 0.15) is 0 Å². The highest BCUT2D eigenvalue weighted by Crippen LogP contribution is 2.09. The highest BCUT2D eigenvalue weighted by Gasteiger charge is 1.90. The molecule has 0 aliphatic carbocycles. The van der Waals surface area contributed by atoms with Crippen molar-refractivity contribution in [3.05, 3.63) is 34.3 Å². The quantitative estimate of drug-likeness (QED) is 0.759. The first kappa shape index (κ1) is 8.27. The van der Waals surface area contributed by atoms with Crippen molar-refractivity contribution in [3.8, 4) is 0 Å². The zero-order valence-electron chi connectivity index (χ0n) is 5.80. The third-order valence-corrected chi connectivity index (χ3v) is 1.81. The van der Waals surface area contributed by atoms with Crippen molar-refractivity contribution in [1.29, 1.82) is 0 Å². The van der Waals surface area contributed by atoms with E-state index in [0.717, 1.165) is 10.0 Å². The maximum Gasteiger partial charge on any atom is 0.309 e. The lowest BCUT2D eigenvalue weighted by molar-refractivity contribution is 0.542. The molecule has 11 heavy (non-hydrogen) atoms. The third kappa shape index (κ3) is 2.72. The zero-order valence-corrected chi connectivity index (χ0v) is 7.39. The van der Waals surface area contributed by atoms with Gasteiger partial charge < -0.3 is 5.32 Å². The molecule has 1 rings (SSSR count). The van der Waals surface area contributed by atoms with Crippen LogP contribution in [0.4, 0.5) is 0 Å². The maximum atomic E-state index is 9.80.